The molecule has 0 saturated heterocycles. The van der Waals surface area contributed by atoms with Gasteiger partial charge in [-0.15, -0.1) is 0 Å². The number of likely N-dealkylation sites (N-methyl/N-ethyl adjacent to an activating group) is 1. The van der Waals surface area contributed by atoms with Gasteiger partial charge >= 0.3 is 0 Å². The molecular formula is C18H22N2O2. The second-order valence-corrected chi connectivity index (χ2v) is 5.05. The summed E-state index contributed by atoms with van der Waals surface area (Å²) >= 11 is 0. The number of rotatable bonds is 8. The minimum atomic E-state index is 0.0129. The van der Waals surface area contributed by atoms with Gasteiger partial charge in [-0.25, -0.2) is 0 Å². The van der Waals surface area contributed by atoms with Gasteiger partial charge in [0, 0.05) is 6.54 Å². The van der Waals surface area contributed by atoms with Crippen LogP contribution < -0.4 is 15.4 Å². The maximum Gasteiger partial charge on any atom is 0.233 e. The van der Waals surface area contributed by atoms with E-state index in [0.29, 0.717) is 19.7 Å². The number of nitrogens with one attached hydrogen (secondary N) is 2. The van der Waals surface area contributed by atoms with Gasteiger partial charge in [0.2, 0.25) is 5.91 Å². The lowest BCUT2D eigenvalue weighted by Gasteiger charge is -2.09. The molecule has 2 aromatic carbocycles. The molecule has 1 amide bonds. The Hall–Kier alpha value is -2.33. The summed E-state index contributed by atoms with van der Waals surface area (Å²) in [5, 5.41) is 5.69. The monoisotopic (exact) mass is 298 g/mol. The fraction of sp³-hybridized carbons (Fsp3) is 0.278. The Morgan fingerprint density at radius 2 is 1.82 bits per heavy atom. The van der Waals surface area contributed by atoms with Crippen molar-refractivity contribution in [2.45, 2.75) is 13.0 Å². The number of hydrogen-bond acceptors (Lipinski definition) is 3. The highest BCUT2D eigenvalue weighted by Gasteiger charge is 2.01. The van der Waals surface area contributed by atoms with E-state index in [2.05, 4.69) is 10.6 Å². The van der Waals surface area contributed by atoms with Crippen LogP contribution in [-0.2, 0) is 17.8 Å². The van der Waals surface area contributed by atoms with E-state index >= 15 is 0 Å². The van der Waals surface area contributed by atoms with Crippen molar-refractivity contribution >= 4 is 5.91 Å². The zero-order valence-corrected chi connectivity index (χ0v) is 12.8. The van der Waals surface area contributed by atoms with E-state index in [4.69, 9.17) is 4.74 Å². The Balaban J connectivity index is 1.81. The maximum absolute atomic E-state index is 11.4. The van der Waals surface area contributed by atoms with Gasteiger partial charge in [0.15, 0.2) is 0 Å². The molecule has 0 heterocycles. The van der Waals surface area contributed by atoms with Crippen molar-refractivity contribution in [3.63, 3.8) is 0 Å². The van der Waals surface area contributed by atoms with Crippen molar-refractivity contribution < 1.29 is 9.53 Å². The second-order valence-electron chi connectivity index (χ2n) is 5.05. The summed E-state index contributed by atoms with van der Waals surface area (Å²) in [6.07, 6.45) is 0.790. The zero-order valence-electron chi connectivity index (χ0n) is 12.8. The number of ether oxygens (including phenoxy) is 1. The van der Waals surface area contributed by atoms with Gasteiger partial charge in [-0.2, -0.15) is 0 Å². The number of amides is 1. The first-order valence-corrected chi connectivity index (χ1v) is 7.45. The Kier molecular flexibility index (Phi) is 6.45. The molecule has 0 saturated carbocycles. The van der Waals surface area contributed by atoms with Crippen molar-refractivity contribution in [3.05, 3.63) is 65.7 Å². The largest absolute Gasteiger partial charge is 0.489 e. The molecule has 2 rings (SSSR count). The predicted octanol–water partition coefficient (Wildman–Crippen LogP) is 2.14. The molecule has 0 fully saturated rings. The lowest BCUT2D eigenvalue weighted by molar-refractivity contribution is -0.120. The van der Waals surface area contributed by atoms with Gasteiger partial charge < -0.3 is 15.4 Å². The standard InChI is InChI=1S/C18H22N2O2/c1-19-13-18(21)20-11-10-15-8-5-9-17(12-15)22-14-16-6-3-2-4-7-16/h2-9,12,19H,10-11,13-14H2,1H3,(H,20,21). The van der Waals surface area contributed by atoms with E-state index in [9.17, 15) is 4.79 Å². The number of carbonyl (C=O) groups is 1. The van der Waals surface area contributed by atoms with Gasteiger partial charge in [-0.05, 0) is 36.7 Å². The summed E-state index contributed by atoms with van der Waals surface area (Å²) in [5.41, 5.74) is 2.29. The summed E-state index contributed by atoms with van der Waals surface area (Å²) in [6.45, 7) is 1.53. The Bertz CT molecular complexity index is 585. The van der Waals surface area contributed by atoms with E-state index in [1.54, 1.807) is 7.05 Å². The first-order chi connectivity index (χ1) is 10.8. The van der Waals surface area contributed by atoms with Gasteiger partial charge in [-0.1, -0.05) is 42.5 Å². The quantitative estimate of drug-likeness (QED) is 0.785. The van der Waals surface area contributed by atoms with E-state index in [1.165, 1.54) is 0 Å². The molecule has 0 aliphatic rings. The first-order valence-electron chi connectivity index (χ1n) is 7.45. The van der Waals surface area contributed by atoms with Crippen molar-refractivity contribution in [1.29, 1.82) is 0 Å². The highest BCUT2D eigenvalue weighted by Crippen LogP contribution is 2.15. The van der Waals surface area contributed by atoms with Crippen LogP contribution in [0.25, 0.3) is 0 Å². The molecule has 0 bridgehead atoms. The molecule has 0 aliphatic heterocycles. The Labute approximate surface area is 131 Å². The fourth-order valence-corrected chi connectivity index (χ4v) is 2.10. The average Bonchev–Trinajstić information content (AvgIpc) is 2.55. The molecule has 116 valence electrons. The van der Waals surface area contributed by atoms with Crippen LogP contribution in [0.1, 0.15) is 11.1 Å². The van der Waals surface area contributed by atoms with Crippen LogP contribution in [0.4, 0.5) is 0 Å². The second kappa shape index (κ2) is 8.85. The molecule has 0 aromatic heterocycles. The van der Waals surface area contributed by atoms with Gasteiger partial charge in [0.25, 0.3) is 0 Å². The molecule has 0 radical (unpaired) electrons. The van der Waals surface area contributed by atoms with Crippen molar-refractivity contribution in [1.82, 2.24) is 10.6 Å². The lowest BCUT2D eigenvalue weighted by atomic mass is 10.1. The van der Waals surface area contributed by atoms with Crippen LogP contribution in [0.3, 0.4) is 0 Å². The minimum absolute atomic E-state index is 0.0129. The third-order valence-electron chi connectivity index (χ3n) is 3.22. The average molecular weight is 298 g/mol. The smallest absolute Gasteiger partial charge is 0.233 e. The highest BCUT2D eigenvalue weighted by molar-refractivity contribution is 5.77. The molecule has 22 heavy (non-hydrogen) atoms. The maximum atomic E-state index is 11.4. The lowest BCUT2D eigenvalue weighted by Crippen LogP contribution is -2.33. The summed E-state index contributed by atoms with van der Waals surface area (Å²) < 4.78 is 5.80. The van der Waals surface area contributed by atoms with E-state index in [1.807, 2.05) is 54.6 Å². The number of hydrogen-bond donors (Lipinski definition) is 2. The molecule has 0 atom stereocenters. The van der Waals surface area contributed by atoms with Crippen molar-refractivity contribution in [2.24, 2.45) is 0 Å². The summed E-state index contributed by atoms with van der Waals surface area (Å²) in [5.74, 6) is 0.863. The first kappa shape index (κ1) is 16.0. The van der Waals surface area contributed by atoms with Crippen LogP contribution in [0.5, 0.6) is 5.75 Å². The minimum Gasteiger partial charge on any atom is -0.489 e. The molecule has 2 N–H and O–H groups in total. The van der Waals surface area contributed by atoms with E-state index < -0.39 is 0 Å². The fourth-order valence-electron chi connectivity index (χ4n) is 2.10. The van der Waals surface area contributed by atoms with Crippen LogP contribution >= 0.6 is 0 Å². The predicted molar refractivity (Wildman–Crippen MR) is 87.9 cm³/mol. The van der Waals surface area contributed by atoms with Crippen molar-refractivity contribution in [2.75, 3.05) is 20.1 Å². The molecule has 4 nitrogen and oxygen atoms in total. The van der Waals surface area contributed by atoms with Gasteiger partial charge in [0.05, 0.1) is 6.54 Å². The topological polar surface area (TPSA) is 50.4 Å². The van der Waals surface area contributed by atoms with Crippen LogP contribution in [0, 0.1) is 0 Å². The summed E-state index contributed by atoms with van der Waals surface area (Å²) in [6, 6.07) is 18.1. The molecule has 0 aliphatic carbocycles. The number of carbonyl (C=O) groups excluding carboxylic acids is 1. The van der Waals surface area contributed by atoms with Crippen LogP contribution in [-0.4, -0.2) is 26.0 Å². The molecule has 0 spiro atoms. The number of benzene rings is 2. The van der Waals surface area contributed by atoms with Crippen LogP contribution in [0.15, 0.2) is 54.6 Å². The molecule has 2 aromatic rings. The Morgan fingerprint density at radius 1 is 1.05 bits per heavy atom. The zero-order chi connectivity index (χ0) is 15.6. The van der Waals surface area contributed by atoms with Crippen LogP contribution in [0.2, 0.25) is 0 Å². The van der Waals surface area contributed by atoms with E-state index in [0.717, 1.165) is 23.3 Å². The highest BCUT2D eigenvalue weighted by atomic mass is 16.5. The SMILES string of the molecule is CNCC(=O)NCCc1cccc(OCc2ccccc2)c1. The normalized spacial score (nSPS) is 10.2. The molecule has 4 heteroatoms. The van der Waals surface area contributed by atoms with Gasteiger partial charge in [0.1, 0.15) is 12.4 Å². The van der Waals surface area contributed by atoms with Crippen molar-refractivity contribution in [3.8, 4) is 5.75 Å². The third-order valence-corrected chi connectivity index (χ3v) is 3.22. The Morgan fingerprint density at radius 3 is 2.59 bits per heavy atom. The summed E-state index contributed by atoms with van der Waals surface area (Å²) in [4.78, 5) is 11.4. The molecular weight excluding hydrogens is 276 g/mol. The third kappa shape index (κ3) is 5.58. The van der Waals surface area contributed by atoms with E-state index in [-0.39, 0.29) is 5.91 Å². The van der Waals surface area contributed by atoms with Gasteiger partial charge in [-0.3, -0.25) is 4.79 Å². The summed E-state index contributed by atoms with van der Waals surface area (Å²) in [7, 11) is 1.76. The molecule has 0 unspecified atom stereocenters.